The van der Waals surface area contributed by atoms with Crippen molar-refractivity contribution in [3.8, 4) is 5.75 Å². The fraction of sp³-hybridized carbons (Fsp3) is 0.250. The van der Waals surface area contributed by atoms with Gasteiger partial charge in [-0.25, -0.2) is 0 Å². The largest absolute Gasteiger partial charge is 0.494 e. The Morgan fingerprint density at radius 2 is 1.50 bits per heavy atom. The average Bonchev–Trinajstić information content (AvgIpc) is 2.42. The SMILES string of the molecule is BrCCCOc1ccc(Cc2ccccc2)cc1. The summed E-state index contributed by atoms with van der Waals surface area (Å²) < 4.78 is 5.62. The van der Waals surface area contributed by atoms with Crippen molar-refractivity contribution in [2.24, 2.45) is 0 Å². The van der Waals surface area contributed by atoms with Gasteiger partial charge in [0.25, 0.3) is 0 Å². The second kappa shape index (κ2) is 7.22. The summed E-state index contributed by atoms with van der Waals surface area (Å²) >= 11 is 3.39. The van der Waals surface area contributed by atoms with E-state index in [2.05, 4.69) is 52.3 Å². The molecule has 0 aromatic heterocycles. The molecular formula is C16H17BrO. The van der Waals surface area contributed by atoms with Gasteiger partial charge in [-0.05, 0) is 36.1 Å². The molecule has 0 spiro atoms. The lowest BCUT2D eigenvalue weighted by atomic mass is 10.1. The highest BCUT2D eigenvalue weighted by atomic mass is 79.9. The maximum atomic E-state index is 5.62. The minimum absolute atomic E-state index is 0.767. The second-order valence-electron chi connectivity index (χ2n) is 4.20. The van der Waals surface area contributed by atoms with E-state index >= 15 is 0 Å². The van der Waals surface area contributed by atoms with E-state index in [4.69, 9.17) is 4.74 Å². The molecule has 0 aliphatic heterocycles. The highest BCUT2D eigenvalue weighted by molar-refractivity contribution is 9.09. The first-order chi connectivity index (χ1) is 8.88. The van der Waals surface area contributed by atoms with E-state index in [1.165, 1.54) is 11.1 Å². The minimum Gasteiger partial charge on any atom is -0.494 e. The van der Waals surface area contributed by atoms with E-state index in [0.717, 1.165) is 30.5 Å². The molecule has 0 saturated heterocycles. The molecule has 0 radical (unpaired) electrons. The molecule has 2 rings (SSSR count). The first-order valence-corrected chi connectivity index (χ1v) is 7.32. The molecule has 94 valence electrons. The first kappa shape index (κ1) is 13.2. The molecule has 0 bridgehead atoms. The van der Waals surface area contributed by atoms with Crippen LogP contribution in [0.25, 0.3) is 0 Å². The van der Waals surface area contributed by atoms with Crippen LogP contribution < -0.4 is 4.74 Å². The molecule has 0 saturated carbocycles. The van der Waals surface area contributed by atoms with Crippen molar-refractivity contribution >= 4 is 15.9 Å². The van der Waals surface area contributed by atoms with Gasteiger partial charge in [-0.2, -0.15) is 0 Å². The Kier molecular flexibility index (Phi) is 5.28. The molecule has 0 heterocycles. The highest BCUT2D eigenvalue weighted by Crippen LogP contribution is 2.15. The standard InChI is InChI=1S/C16H17BrO/c17-11-4-12-18-16-9-7-15(8-10-16)13-14-5-2-1-3-6-14/h1-3,5-10H,4,11-13H2. The van der Waals surface area contributed by atoms with Crippen molar-refractivity contribution in [1.29, 1.82) is 0 Å². The topological polar surface area (TPSA) is 9.23 Å². The third-order valence-electron chi connectivity index (χ3n) is 2.72. The monoisotopic (exact) mass is 304 g/mol. The fourth-order valence-electron chi connectivity index (χ4n) is 1.78. The van der Waals surface area contributed by atoms with Crippen LogP contribution in [0.2, 0.25) is 0 Å². The molecule has 0 aliphatic rings. The maximum absolute atomic E-state index is 5.62. The quantitative estimate of drug-likeness (QED) is 0.566. The lowest BCUT2D eigenvalue weighted by molar-refractivity contribution is 0.319. The molecule has 0 aliphatic carbocycles. The van der Waals surface area contributed by atoms with Crippen molar-refractivity contribution in [2.45, 2.75) is 12.8 Å². The van der Waals surface area contributed by atoms with Crippen LogP contribution in [0, 0.1) is 0 Å². The van der Waals surface area contributed by atoms with Crippen LogP contribution in [-0.2, 0) is 6.42 Å². The fourth-order valence-corrected chi connectivity index (χ4v) is 2.01. The Labute approximate surface area is 117 Å². The highest BCUT2D eigenvalue weighted by Gasteiger charge is 1.97. The Hall–Kier alpha value is -1.28. The molecule has 0 fully saturated rings. The number of alkyl halides is 1. The normalized spacial score (nSPS) is 10.3. The number of ether oxygens (including phenoxy) is 1. The lowest BCUT2D eigenvalue weighted by Gasteiger charge is -2.06. The third-order valence-corrected chi connectivity index (χ3v) is 3.28. The van der Waals surface area contributed by atoms with Gasteiger partial charge in [-0.15, -0.1) is 0 Å². The van der Waals surface area contributed by atoms with E-state index in [0.29, 0.717) is 0 Å². The Balaban J connectivity index is 1.91. The Bertz CT molecular complexity index is 450. The van der Waals surface area contributed by atoms with Crippen molar-refractivity contribution in [2.75, 3.05) is 11.9 Å². The van der Waals surface area contributed by atoms with Gasteiger partial charge in [0.1, 0.15) is 5.75 Å². The predicted molar refractivity (Wildman–Crippen MR) is 79.6 cm³/mol. The van der Waals surface area contributed by atoms with E-state index in [-0.39, 0.29) is 0 Å². The zero-order valence-corrected chi connectivity index (χ0v) is 11.9. The number of hydrogen-bond acceptors (Lipinski definition) is 1. The molecule has 0 atom stereocenters. The first-order valence-electron chi connectivity index (χ1n) is 6.20. The van der Waals surface area contributed by atoms with E-state index in [9.17, 15) is 0 Å². The minimum atomic E-state index is 0.767. The van der Waals surface area contributed by atoms with Crippen molar-refractivity contribution in [1.82, 2.24) is 0 Å². The number of halogens is 1. The molecule has 0 N–H and O–H groups in total. The van der Waals surface area contributed by atoms with Gasteiger partial charge in [0, 0.05) is 5.33 Å². The number of rotatable bonds is 6. The van der Waals surface area contributed by atoms with Crippen LogP contribution in [-0.4, -0.2) is 11.9 Å². The molecule has 2 aromatic rings. The smallest absolute Gasteiger partial charge is 0.119 e. The van der Waals surface area contributed by atoms with Crippen molar-refractivity contribution < 1.29 is 4.74 Å². The van der Waals surface area contributed by atoms with E-state index < -0.39 is 0 Å². The van der Waals surface area contributed by atoms with Crippen LogP contribution in [0.4, 0.5) is 0 Å². The number of benzene rings is 2. The van der Waals surface area contributed by atoms with Crippen molar-refractivity contribution in [3.05, 3.63) is 65.7 Å². The Morgan fingerprint density at radius 3 is 2.17 bits per heavy atom. The molecular weight excluding hydrogens is 288 g/mol. The van der Waals surface area contributed by atoms with Gasteiger partial charge in [-0.1, -0.05) is 58.4 Å². The van der Waals surface area contributed by atoms with Gasteiger partial charge < -0.3 is 4.74 Å². The summed E-state index contributed by atoms with van der Waals surface area (Å²) in [7, 11) is 0. The van der Waals surface area contributed by atoms with Gasteiger partial charge in [-0.3, -0.25) is 0 Å². The summed E-state index contributed by atoms with van der Waals surface area (Å²) in [5.41, 5.74) is 2.65. The zero-order valence-electron chi connectivity index (χ0n) is 10.3. The molecule has 2 heteroatoms. The second-order valence-corrected chi connectivity index (χ2v) is 4.99. The summed E-state index contributed by atoms with van der Waals surface area (Å²) in [6.07, 6.45) is 2.01. The van der Waals surface area contributed by atoms with Crippen LogP contribution in [0.5, 0.6) is 5.75 Å². The number of hydrogen-bond donors (Lipinski definition) is 0. The predicted octanol–water partition coefficient (Wildman–Crippen LogP) is 4.44. The molecule has 1 nitrogen and oxygen atoms in total. The van der Waals surface area contributed by atoms with Crippen LogP contribution in [0.3, 0.4) is 0 Å². The zero-order chi connectivity index (χ0) is 12.6. The van der Waals surface area contributed by atoms with Crippen LogP contribution >= 0.6 is 15.9 Å². The van der Waals surface area contributed by atoms with Crippen LogP contribution in [0.1, 0.15) is 17.5 Å². The summed E-state index contributed by atoms with van der Waals surface area (Å²) in [6, 6.07) is 18.9. The van der Waals surface area contributed by atoms with E-state index in [1.807, 2.05) is 18.2 Å². The maximum Gasteiger partial charge on any atom is 0.119 e. The molecule has 18 heavy (non-hydrogen) atoms. The van der Waals surface area contributed by atoms with Gasteiger partial charge in [0.2, 0.25) is 0 Å². The summed E-state index contributed by atoms with van der Waals surface area (Å²) in [6.45, 7) is 0.767. The molecule has 0 amide bonds. The summed E-state index contributed by atoms with van der Waals surface area (Å²) in [5, 5.41) is 0.985. The van der Waals surface area contributed by atoms with Crippen molar-refractivity contribution in [3.63, 3.8) is 0 Å². The third kappa shape index (κ3) is 4.19. The van der Waals surface area contributed by atoms with Gasteiger partial charge in [0.05, 0.1) is 6.61 Å². The van der Waals surface area contributed by atoms with Crippen LogP contribution in [0.15, 0.2) is 54.6 Å². The lowest BCUT2D eigenvalue weighted by Crippen LogP contribution is -1.97. The molecule has 0 unspecified atom stereocenters. The van der Waals surface area contributed by atoms with E-state index in [1.54, 1.807) is 0 Å². The molecule has 2 aromatic carbocycles. The summed E-state index contributed by atoms with van der Waals surface area (Å²) in [5.74, 6) is 0.952. The van der Waals surface area contributed by atoms with Gasteiger partial charge >= 0.3 is 0 Å². The van der Waals surface area contributed by atoms with Gasteiger partial charge in [0.15, 0.2) is 0 Å². The Morgan fingerprint density at radius 1 is 0.833 bits per heavy atom. The summed E-state index contributed by atoms with van der Waals surface area (Å²) in [4.78, 5) is 0. The average molecular weight is 305 g/mol.